The topological polar surface area (TPSA) is 80.8 Å². The van der Waals surface area contributed by atoms with Crippen LogP contribution in [0.5, 0.6) is 0 Å². The van der Waals surface area contributed by atoms with E-state index in [0.29, 0.717) is 24.1 Å². The van der Waals surface area contributed by atoms with Crippen molar-refractivity contribution in [3.8, 4) is 0 Å². The van der Waals surface area contributed by atoms with E-state index in [1.165, 1.54) is 17.0 Å². The van der Waals surface area contributed by atoms with Crippen LogP contribution in [0.3, 0.4) is 0 Å². The molecule has 0 N–H and O–H groups in total. The molecular formula is C24H20BrNO5. The molecule has 2 atom stereocenters. The van der Waals surface area contributed by atoms with Crippen LogP contribution in [0, 0.1) is 11.8 Å². The van der Waals surface area contributed by atoms with Gasteiger partial charge in [-0.25, -0.2) is 4.79 Å². The molecule has 158 valence electrons. The molecule has 2 aromatic rings. The Hall–Kier alpha value is -3.06. The molecule has 7 heteroatoms. The number of amides is 2. The van der Waals surface area contributed by atoms with Gasteiger partial charge in [-0.15, -0.1) is 0 Å². The number of halogens is 1. The molecule has 2 aromatic carbocycles. The van der Waals surface area contributed by atoms with Gasteiger partial charge in [-0.2, -0.15) is 0 Å². The lowest BCUT2D eigenvalue weighted by Crippen LogP contribution is -2.31. The largest absolute Gasteiger partial charge is 0.454 e. The summed E-state index contributed by atoms with van der Waals surface area (Å²) in [5.74, 6) is -2.20. The molecular weight excluding hydrogens is 462 g/mol. The van der Waals surface area contributed by atoms with Crippen molar-refractivity contribution < 1.29 is 23.9 Å². The minimum atomic E-state index is -0.693. The second-order valence-electron chi connectivity index (χ2n) is 7.77. The summed E-state index contributed by atoms with van der Waals surface area (Å²) in [5, 5.41) is 0. The van der Waals surface area contributed by atoms with Crippen LogP contribution in [0.15, 0.2) is 64.7 Å². The Morgan fingerprint density at radius 1 is 1.03 bits per heavy atom. The number of Topliss-reactive ketones (excluding diaryl/α,β-unsaturated/α-hetero) is 1. The molecule has 0 bridgehead atoms. The first-order valence-electron chi connectivity index (χ1n) is 9.94. The number of carbonyl (C=O) groups is 4. The lowest BCUT2D eigenvalue weighted by Gasteiger charge is -2.18. The molecule has 1 aliphatic carbocycles. The number of esters is 1. The highest BCUT2D eigenvalue weighted by atomic mass is 79.9. The van der Waals surface area contributed by atoms with Gasteiger partial charge >= 0.3 is 5.97 Å². The van der Waals surface area contributed by atoms with Crippen molar-refractivity contribution in [3.05, 3.63) is 75.8 Å². The Labute approximate surface area is 188 Å². The van der Waals surface area contributed by atoms with Crippen molar-refractivity contribution in [2.75, 3.05) is 11.5 Å². The number of imide groups is 1. The summed E-state index contributed by atoms with van der Waals surface area (Å²) in [7, 11) is 0. The number of carbonyl (C=O) groups excluding carboxylic acids is 4. The molecule has 0 saturated carbocycles. The molecule has 1 saturated heterocycles. The summed E-state index contributed by atoms with van der Waals surface area (Å²) < 4.78 is 6.00. The van der Waals surface area contributed by atoms with Crippen LogP contribution in [-0.4, -0.2) is 30.2 Å². The van der Waals surface area contributed by atoms with E-state index in [1.54, 1.807) is 36.4 Å². The zero-order valence-corrected chi connectivity index (χ0v) is 18.4. The number of nitrogens with zero attached hydrogens (tertiary/aromatic N) is 1. The second kappa shape index (κ2) is 8.59. The number of hydrogen-bond acceptors (Lipinski definition) is 5. The molecule has 0 unspecified atom stereocenters. The Kier molecular flexibility index (Phi) is 5.87. The van der Waals surface area contributed by atoms with E-state index < -0.39 is 12.6 Å². The van der Waals surface area contributed by atoms with E-state index in [4.69, 9.17) is 4.74 Å². The Morgan fingerprint density at radius 2 is 1.74 bits per heavy atom. The third-order valence-corrected chi connectivity index (χ3v) is 6.19. The van der Waals surface area contributed by atoms with Crippen molar-refractivity contribution in [1.82, 2.24) is 0 Å². The van der Waals surface area contributed by atoms with Crippen LogP contribution in [-0.2, 0) is 14.3 Å². The van der Waals surface area contributed by atoms with Crippen LogP contribution >= 0.6 is 15.9 Å². The van der Waals surface area contributed by atoms with Crippen LogP contribution in [0.1, 0.15) is 40.5 Å². The summed E-state index contributed by atoms with van der Waals surface area (Å²) in [6, 6.07) is 12.9. The van der Waals surface area contributed by atoms with Gasteiger partial charge in [0.15, 0.2) is 12.4 Å². The SMILES string of the molecule is CC1=CC[C@@H]2C(=O)N(c3cccc(C(=O)OCC(=O)c4ccc(Br)cc4)c3)C(=O)[C@H]2C1. The van der Waals surface area contributed by atoms with E-state index >= 15 is 0 Å². The van der Waals surface area contributed by atoms with Gasteiger partial charge in [-0.3, -0.25) is 19.3 Å². The molecule has 0 radical (unpaired) electrons. The first-order chi connectivity index (χ1) is 14.8. The lowest BCUT2D eigenvalue weighted by atomic mass is 9.82. The van der Waals surface area contributed by atoms with Crippen molar-refractivity contribution in [3.63, 3.8) is 0 Å². The van der Waals surface area contributed by atoms with Crippen LogP contribution in [0.4, 0.5) is 5.69 Å². The predicted molar refractivity (Wildman–Crippen MR) is 118 cm³/mol. The van der Waals surface area contributed by atoms with Crippen LogP contribution in [0.2, 0.25) is 0 Å². The molecule has 1 fully saturated rings. The Morgan fingerprint density at radius 3 is 2.48 bits per heavy atom. The molecule has 6 nitrogen and oxygen atoms in total. The van der Waals surface area contributed by atoms with Gasteiger partial charge in [0.1, 0.15) is 0 Å². The maximum Gasteiger partial charge on any atom is 0.338 e. The highest BCUT2D eigenvalue weighted by Crippen LogP contribution is 2.39. The quantitative estimate of drug-likeness (QED) is 0.274. The zero-order valence-electron chi connectivity index (χ0n) is 16.8. The number of ketones is 1. The molecule has 1 heterocycles. The molecule has 1 aliphatic heterocycles. The Bertz CT molecular complexity index is 1110. The maximum atomic E-state index is 12.9. The minimum Gasteiger partial charge on any atom is -0.454 e. The minimum absolute atomic E-state index is 0.172. The molecule has 0 spiro atoms. The third kappa shape index (κ3) is 4.23. The number of hydrogen-bond donors (Lipinski definition) is 0. The fraction of sp³-hybridized carbons (Fsp3) is 0.250. The summed E-state index contributed by atoms with van der Waals surface area (Å²) in [6.45, 7) is 1.56. The van der Waals surface area contributed by atoms with Gasteiger partial charge in [0, 0.05) is 10.0 Å². The van der Waals surface area contributed by atoms with Gasteiger partial charge in [-0.1, -0.05) is 45.8 Å². The highest BCUT2D eigenvalue weighted by molar-refractivity contribution is 9.10. The van der Waals surface area contributed by atoms with Gasteiger partial charge in [0.2, 0.25) is 11.8 Å². The maximum absolute atomic E-state index is 12.9. The fourth-order valence-corrected chi connectivity index (χ4v) is 4.26. The van der Waals surface area contributed by atoms with Crippen molar-refractivity contribution >= 4 is 45.2 Å². The normalized spacial score (nSPS) is 20.3. The monoisotopic (exact) mass is 481 g/mol. The number of ether oxygens (including phenoxy) is 1. The summed E-state index contributed by atoms with van der Waals surface area (Å²) in [6.07, 6.45) is 3.13. The number of rotatable bonds is 5. The first kappa shape index (κ1) is 21.2. The molecule has 0 aromatic heterocycles. The second-order valence-corrected chi connectivity index (χ2v) is 8.69. The van der Waals surface area contributed by atoms with Gasteiger partial charge in [-0.05, 0) is 50.1 Å². The van der Waals surface area contributed by atoms with Gasteiger partial charge in [0.05, 0.1) is 23.1 Å². The summed E-state index contributed by atoms with van der Waals surface area (Å²) in [4.78, 5) is 51.6. The van der Waals surface area contributed by atoms with E-state index in [1.807, 2.05) is 13.0 Å². The number of benzene rings is 2. The number of anilines is 1. The number of fused-ring (bicyclic) bond motifs is 1. The smallest absolute Gasteiger partial charge is 0.338 e. The Balaban J connectivity index is 1.46. The molecule has 31 heavy (non-hydrogen) atoms. The fourth-order valence-electron chi connectivity index (χ4n) is 4.00. The van der Waals surface area contributed by atoms with E-state index in [9.17, 15) is 19.2 Å². The van der Waals surface area contributed by atoms with Crippen molar-refractivity contribution in [2.24, 2.45) is 11.8 Å². The van der Waals surface area contributed by atoms with Crippen molar-refractivity contribution in [1.29, 1.82) is 0 Å². The molecule has 4 rings (SSSR count). The molecule has 2 amide bonds. The first-order valence-corrected chi connectivity index (χ1v) is 10.7. The van der Waals surface area contributed by atoms with E-state index in [2.05, 4.69) is 15.9 Å². The van der Waals surface area contributed by atoms with Gasteiger partial charge in [0.25, 0.3) is 0 Å². The third-order valence-electron chi connectivity index (χ3n) is 5.66. The summed E-state index contributed by atoms with van der Waals surface area (Å²) in [5.41, 5.74) is 2.06. The predicted octanol–water partition coefficient (Wildman–Crippen LogP) is 4.33. The van der Waals surface area contributed by atoms with Crippen LogP contribution < -0.4 is 4.90 Å². The lowest BCUT2D eigenvalue weighted by molar-refractivity contribution is -0.122. The van der Waals surface area contributed by atoms with E-state index in [-0.39, 0.29) is 35.0 Å². The average molecular weight is 482 g/mol. The zero-order chi connectivity index (χ0) is 22.1. The van der Waals surface area contributed by atoms with Crippen molar-refractivity contribution in [2.45, 2.75) is 19.8 Å². The van der Waals surface area contributed by atoms with E-state index in [0.717, 1.165) is 10.0 Å². The standard InChI is InChI=1S/C24H20BrNO5/c1-14-5-10-19-20(11-14)23(29)26(22(19)28)18-4-2-3-16(12-18)24(30)31-13-21(27)15-6-8-17(25)9-7-15/h2-9,12,19-20H,10-11,13H2,1H3/t19-,20-/m0/s1. The number of allylic oxidation sites excluding steroid dienone is 2. The van der Waals surface area contributed by atoms with Crippen LogP contribution in [0.25, 0.3) is 0 Å². The average Bonchev–Trinajstić information content (AvgIpc) is 3.01. The summed E-state index contributed by atoms with van der Waals surface area (Å²) >= 11 is 3.30. The molecule has 2 aliphatic rings. The van der Waals surface area contributed by atoms with Gasteiger partial charge < -0.3 is 4.74 Å². The highest BCUT2D eigenvalue weighted by Gasteiger charge is 2.48.